The lowest BCUT2D eigenvalue weighted by Crippen LogP contribution is -2.48. The first-order valence-electron chi connectivity index (χ1n) is 8.99. The van der Waals surface area contributed by atoms with Gasteiger partial charge in [-0.3, -0.25) is 4.79 Å². The molecular weight excluding hydrogens is 320 g/mol. The lowest BCUT2D eigenvalue weighted by atomic mass is 10.1. The highest BCUT2D eigenvalue weighted by Crippen LogP contribution is 2.42. The van der Waals surface area contributed by atoms with Crippen LogP contribution in [-0.4, -0.2) is 28.7 Å². The van der Waals surface area contributed by atoms with E-state index in [1.54, 1.807) is 0 Å². The Morgan fingerprint density at radius 3 is 1.78 bits per heavy atom. The fraction of sp³-hybridized carbons (Fsp3) is 0.944. The van der Waals surface area contributed by atoms with E-state index in [9.17, 15) is 4.79 Å². The molecule has 1 aliphatic rings. The molecule has 0 saturated heterocycles. The molecule has 0 heterocycles. The van der Waals surface area contributed by atoms with Crippen LogP contribution in [0.4, 0.5) is 0 Å². The van der Waals surface area contributed by atoms with E-state index in [4.69, 9.17) is 8.85 Å². The Morgan fingerprint density at radius 2 is 1.35 bits per heavy atom. The molecule has 136 valence electrons. The van der Waals surface area contributed by atoms with Crippen molar-refractivity contribution in [3.8, 4) is 0 Å². The second-order valence-electron chi connectivity index (χ2n) is 10.1. The fourth-order valence-electron chi connectivity index (χ4n) is 2.37. The van der Waals surface area contributed by atoms with Crippen molar-refractivity contribution in [3.05, 3.63) is 0 Å². The van der Waals surface area contributed by atoms with Crippen molar-refractivity contribution in [2.24, 2.45) is 5.92 Å². The van der Waals surface area contributed by atoms with Gasteiger partial charge in [-0.1, -0.05) is 41.5 Å². The zero-order valence-electron chi connectivity index (χ0n) is 17.0. The predicted molar refractivity (Wildman–Crippen MR) is 103 cm³/mol. The van der Waals surface area contributed by atoms with Crippen molar-refractivity contribution < 1.29 is 13.6 Å². The Bertz CT molecular complexity index is 431. The van der Waals surface area contributed by atoms with Crippen molar-refractivity contribution in [3.63, 3.8) is 0 Å². The molecule has 0 spiro atoms. The maximum Gasteiger partial charge on any atom is 0.298 e. The Labute approximate surface area is 145 Å². The van der Waals surface area contributed by atoms with Crippen LogP contribution in [0.1, 0.15) is 60.8 Å². The first kappa shape index (κ1) is 20.9. The number of hydrogen-bond donors (Lipinski definition) is 0. The van der Waals surface area contributed by atoms with Gasteiger partial charge in [-0.15, -0.1) is 0 Å². The third-order valence-corrected chi connectivity index (χ3v) is 15.0. The first-order valence-corrected chi connectivity index (χ1v) is 14.8. The topological polar surface area (TPSA) is 35.5 Å². The van der Waals surface area contributed by atoms with Crippen LogP contribution in [0.5, 0.6) is 0 Å². The highest BCUT2D eigenvalue weighted by molar-refractivity contribution is 6.75. The summed E-state index contributed by atoms with van der Waals surface area (Å²) in [6.45, 7) is 22.1. The maximum absolute atomic E-state index is 12.8. The fourth-order valence-corrected chi connectivity index (χ4v) is 4.73. The molecule has 5 heteroatoms. The van der Waals surface area contributed by atoms with Crippen LogP contribution in [0.2, 0.25) is 36.3 Å². The van der Waals surface area contributed by atoms with Crippen LogP contribution in [-0.2, 0) is 13.6 Å². The van der Waals surface area contributed by atoms with Gasteiger partial charge in [0.1, 0.15) is 0 Å². The van der Waals surface area contributed by atoms with Crippen molar-refractivity contribution in [2.45, 2.75) is 103 Å². The second-order valence-corrected chi connectivity index (χ2v) is 19.6. The monoisotopic (exact) mass is 358 g/mol. The molecule has 1 rings (SSSR count). The summed E-state index contributed by atoms with van der Waals surface area (Å²) in [6, 6.07) is 0. The van der Waals surface area contributed by atoms with E-state index in [-0.39, 0.29) is 28.1 Å². The van der Waals surface area contributed by atoms with Crippen molar-refractivity contribution in [2.75, 3.05) is 0 Å². The summed E-state index contributed by atoms with van der Waals surface area (Å²) in [7, 11) is -3.90. The van der Waals surface area contributed by atoms with Crippen LogP contribution in [0.3, 0.4) is 0 Å². The number of hydrogen-bond acceptors (Lipinski definition) is 3. The zero-order valence-corrected chi connectivity index (χ0v) is 19.0. The molecule has 0 aromatic carbocycles. The summed E-state index contributed by atoms with van der Waals surface area (Å²) in [6.07, 6.45) is 3.01. The van der Waals surface area contributed by atoms with Crippen molar-refractivity contribution in [1.82, 2.24) is 0 Å². The van der Waals surface area contributed by atoms with Crippen LogP contribution >= 0.6 is 0 Å². The molecule has 1 saturated carbocycles. The van der Waals surface area contributed by atoms with Gasteiger partial charge in [0.05, 0.1) is 12.0 Å². The smallest absolute Gasteiger partial charge is 0.298 e. The first-order chi connectivity index (χ1) is 10.1. The van der Waals surface area contributed by atoms with Gasteiger partial charge in [-0.25, -0.2) is 0 Å². The van der Waals surface area contributed by atoms with Gasteiger partial charge in [0, 0.05) is 0 Å². The second kappa shape index (κ2) is 6.64. The zero-order chi connectivity index (χ0) is 18.3. The highest BCUT2D eigenvalue weighted by Gasteiger charge is 2.47. The quantitative estimate of drug-likeness (QED) is 0.602. The number of carbonyl (C=O) groups excluding carboxylic acids is 1. The van der Waals surface area contributed by atoms with Crippen LogP contribution in [0.25, 0.3) is 0 Å². The Hall–Kier alpha value is -0.136. The van der Waals surface area contributed by atoms with Crippen LogP contribution in [0.15, 0.2) is 0 Å². The Kier molecular flexibility index (Phi) is 6.03. The van der Waals surface area contributed by atoms with Gasteiger partial charge in [0.2, 0.25) is 0 Å². The van der Waals surface area contributed by atoms with Gasteiger partial charge in [0.25, 0.3) is 14.3 Å². The van der Waals surface area contributed by atoms with Gasteiger partial charge >= 0.3 is 0 Å². The molecule has 1 fully saturated rings. The number of rotatable bonds is 4. The standard InChI is InChI=1S/C18H38O3Si2/c1-17(2,3)22(7,8)20-15-13-11-12-14(15)16(19)21-23(9,10)18(4,5)6/h14-15H,11-13H2,1-10H3/t14-,15+/m1/s1. The molecule has 0 bridgehead atoms. The van der Waals surface area contributed by atoms with E-state index in [1.165, 1.54) is 0 Å². The molecule has 0 unspecified atom stereocenters. The SMILES string of the molecule is CC(C)(C)[Si](C)(C)OC(=O)[C@@H]1CCC[C@@H]1O[Si](C)(C)C(C)(C)C. The van der Waals surface area contributed by atoms with Crippen molar-refractivity contribution >= 4 is 22.6 Å². The molecule has 0 aromatic rings. The molecule has 0 radical (unpaired) electrons. The summed E-state index contributed by atoms with van der Waals surface area (Å²) in [5.74, 6) is -0.0870. The van der Waals surface area contributed by atoms with E-state index >= 15 is 0 Å². The normalized spacial score (nSPS) is 23.9. The minimum atomic E-state index is -2.05. The molecule has 0 aromatic heterocycles. The Balaban J connectivity index is 2.82. The van der Waals surface area contributed by atoms with Gasteiger partial charge in [0.15, 0.2) is 8.32 Å². The molecule has 2 atom stereocenters. The minimum Gasteiger partial charge on any atom is -0.519 e. The number of carbonyl (C=O) groups is 1. The summed E-state index contributed by atoms with van der Waals surface area (Å²) in [4.78, 5) is 12.8. The summed E-state index contributed by atoms with van der Waals surface area (Å²) in [5.41, 5.74) is 0. The Morgan fingerprint density at radius 1 is 0.870 bits per heavy atom. The third-order valence-electron chi connectivity index (χ3n) is 6.17. The van der Waals surface area contributed by atoms with E-state index in [1.807, 2.05) is 0 Å². The molecule has 1 aliphatic carbocycles. The molecular formula is C18H38O3Si2. The van der Waals surface area contributed by atoms with Gasteiger partial charge in [-0.05, 0) is 55.5 Å². The average Bonchev–Trinajstić information content (AvgIpc) is 2.72. The molecule has 23 heavy (non-hydrogen) atoms. The van der Waals surface area contributed by atoms with E-state index in [0.717, 1.165) is 19.3 Å². The molecule has 0 aliphatic heterocycles. The lowest BCUT2D eigenvalue weighted by Gasteiger charge is -2.40. The molecule has 0 amide bonds. The van der Waals surface area contributed by atoms with Crippen LogP contribution < -0.4 is 0 Å². The predicted octanol–water partition coefficient (Wildman–Crippen LogP) is 5.73. The average molecular weight is 359 g/mol. The van der Waals surface area contributed by atoms with Crippen molar-refractivity contribution in [1.29, 1.82) is 0 Å². The van der Waals surface area contributed by atoms with E-state index in [2.05, 4.69) is 67.7 Å². The van der Waals surface area contributed by atoms with Gasteiger partial charge < -0.3 is 8.85 Å². The van der Waals surface area contributed by atoms with Gasteiger partial charge in [-0.2, -0.15) is 0 Å². The third kappa shape index (κ3) is 4.92. The summed E-state index contributed by atoms with van der Waals surface area (Å²) >= 11 is 0. The van der Waals surface area contributed by atoms with E-state index < -0.39 is 16.6 Å². The minimum absolute atomic E-state index is 0.0159. The molecule has 3 nitrogen and oxygen atoms in total. The summed E-state index contributed by atoms with van der Waals surface area (Å²) < 4.78 is 12.6. The summed E-state index contributed by atoms with van der Waals surface area (Å²) in [5, 5.41) is 0.223. The molecule has 0 N–H and O–H groups in total. The lowest BCUT2D eigenvalue weighted by molar-refractivity contribution is -0.142. The van der Waals surface area contributed by atoms with E-state index in [0.29, 0.717) is 0 Å². The maximum atomic E-state index is 12.8. The largest absolute Gasteiger partial charge is 0.519 e. The highest BCUT2D eigenvalue weighted by atomic mass is 28.4. The van der Waals surface area contributed by atoms with Crippen LogP contribution in [0, 0.1) is 5.92 Å².